The number of thiazole rings is 1. The smallest absolute Gasteiger partial charge is 0.271 e. The number of nitrogens with zero attached hydrogens (tertiary/aromatic N) is 2. The van der Waals surface area contributed by atoms with Crippen molar-refractivity contribution in [2.75, 3.05) is 13.7 Å². The Labute approximate surface area is 237 Å². The van der Waals surface area contributed by atoms with E-state index in [2.05, 4.69) is 46.9 Å². The van der Waals surface area contributed by atoms with Crippen molar-refractivity contribution in [3.8, 4) is 17.2 Å². The van der Waals surface area contributed by atoms with Crippen molar-refractivity contribution in [1.82, 2.24) is 4.57 Å². The maximum absolute atomic E-state index is 14.0. The Hall–Kier alpha value is -3.37. The summed E-state index contributed by atoms with van der Waals surface area (Å²) in [7, 11) is 1.65. The van der Waals surface area contributed by atoms with E-state index in [-0.39, 0.29) is 17.4 Å². The zero-order valence-electron chi connectivity index (χ0n) is 20.9. The topological polar surface area (TPSA) is 73.0 Å². The van der Waals surface area contributed by atoms with Gasteiger partial charge in [-0.25, -0.2) is 4.99 Å². The minimum absolute atomic E-state index is 0.0898. The molecule has 1 N–H and O–H groups in total. The van der Waals surface area contributed by atoms with Gasteiger partial charge in [0.1, 0.15) is 5.75 Å². The molecule has 0 unspecified atom stereocenters. The molecule has 2 aliphatic rings. The van der Waals surface area contributed by atoms with Gasteiger partial charge in [0.15, 0.2) is 16.3 Å². The first-order chi connectivity index (χ1) is 18.5. The SMILES string of the molecule is CCOc1cc(/C=c2/sc3n(c2=O)[C@H](c2cccc(OC)c2)C2=C(N=3)c3ccccc3CC2)cc(I)c1O. The lowest BCUT2D eigenvalue weighted by Crippen LogP contribution is -2.38. The minimum Gasteiger partial charge on any atom is -0.504 e. The normalized spacial score (nSPS) is 16.4. The van der Waals surface area contributed by atoms with Gasteiger partial charge in [-0.05, 0) is 95.0 Å². The van der Waals surface area contributed by atoms with E-state index in [1.165, 1.54) is 16.9 Å². The third kappa shape index (κ3) is 4.25. The van der Waals surface area contributed by atoms with Crippen LogP contribution in [0.1, 0.15) is 41.6 Å². The number of ether oxygens (including phenoxy) is 2. The van der Waals surface area contributed by atoms with E-state index in [0.29, 0.717) is 25.3 Å². The Bertz CT molecular complexity index is 1790. The lowest BCUT2D eigenvalue weighted by molar-refractivity contribution is 0.317. The van der Waals surface area contributed by atoms with Crippen LogP contribution in [0.2, 0.25) is 0 Å². The maximum atomic E-state index is 14.0. The van der Waals surface area contributed by atoms with Crippen LogP contribution in [0.5, 0.6) is 17.2 Å². The fourth-order valence-electron chi connectivity index (χ4n) is 5.23. The molecule has 3 aromatic carbocycles. The van der Waals surface area contributed by atoms with E-state index in [1.54, 1.807) is 13.2 Å². The van der Waals surface area contributed by atoms with Gasteiger partial charge in [0.2, 0.25) is 0 Å². The van der Waals surface area contributed by atoms with Gasteiger partial charge >= 0.3 is 0 Å². The van der Waals surface area contributed by atoms with Gasteiger partial charge in [0, 0.05) is 5.56 Å². The van der Waals surface area contributed by atoms with Gasteiger partial charge in [-0.2, -0.15) is 0 Å². The summed E-state index contributed by atoms with van der Waals surface area (Å²) in [4.78, 5) is 19.7. The molecule has 0 saturated carbocycles. The predicted octanol–water partition coefficient (Wildman–Crippen LogP) is 5.04. The summed E-state index contributed by atoms with van der Waals surface area (Å²) in [6, 6.07) is 19.7. The zero-order chi connectivity index (χ0) is 26.4. The van der Waals surface area contributed by atoms with E-state index in [1.807, 2.05) is 47.9 Å². The number of aromatic hydroxyl groups is 1. The number of aromatic nitrogens is 1. The molecule has 192 valence electrons. The number of phenols is 1. The first-order valence-corrected chi connectivity index (χ1v) is 14.3. The lowest BCUT2D eigenvalue weighted by Gasteiger charge is -2.31. The molecule has 0 spiro atoms. The largest absolute Gasteiger partial charge is 0.504 e. The van der Waals surface area contributed by atoms with E-state index in [4.69, 9.17) is 14.5 Å². The lowest BCUT2D eigenvalue weighted by atomic mass is 9.83. The standard InChI is InChI=1S/C30H25IN2O4S/c1-3-37-24-14-17(13-23(31)28(24)34)15-25-29(35)33-27(19-8-6-9-20(16-19)36-2)22-12-11-18-7-4-5-10-21(18)26(22)32-30(33)38-25/h4-10,13-16,27,34H,3,11-12H2,1-2H3/b25-15+/t27-/m1/s1. The molecule has 1 aromatic heterocycles. The van der Waals surface area contributed by atoms with Crippen molar-refractivity contribution >= 4 is 45.7 Å². The van der Waals surface area contributed by atoms with Crippen LogP contribution < -0.4 is 24.4 Å². The fourth-order valence-corrected chi connectivity index (χ4v) is 6.85. The van der Waals surface area contributed by atoms with Crippen molar-refractivity contribution in [2.45, 2.75) is 25.8 Å². The average molecular weight is 637 g/mol. The molecule has 8 heteroatoms. The number of benzene rings is 3. The summed E-state index contributed by atoms with van der Waals surface area (Å²) < 4.78 is 14.2. The highest BCUT2D eigenvalue weighted by molar-refractivity contribution is 14.1. The van der Waals surface area contributed by atoms with Crippen LogP contribution in [0.4, 0.5) is 0 Å². The molecule has 0 amide bonds. The Morgan fingerprint density at radius 2 is 2.00 bits per heavy atom. The molecule has 0 bridgehead atoms. The highest BCUT2D eigenvalue weighted by atomic mass is 127. The summed E-state index contributed by atoms with van der Waals surface area (Å²) in [5.41, 5.74) is 6.21. The highest BCUT2D eigenvalue weighted by Gasteiger charge is 2.32. The zero-order valence-corrected chi connectivity index (χ0v) is 23.9. The number of rotatable bonds is 5. The van der Waals surface area contributed by atoms with Gasteiger partial charge in [-0.1, -0.05) is 47.7 Å². The van der Waals surface area contributed by atoms with Crippen molar-refractivity contribution in [3.05, 3.63) is 112 Å². The van der Waals surface area contributed by atoms with E-state index in [9.17, 15) is 9.90 Å². The predicted molar refractivity (Wildman–Crippen MR) is 158 cm³/mol. The Kier molecular flexibility index (Phi) is 6.61. The van der Waals surface area contributed by atoms with Crippen LogP contribution in [0.15, 0.2) is 76.0 Å². The number of methoxy groups -OCH3 is 1. The number of hydrogen-bond donors (Lipinski definition) is 1. The Morgan fingerprint density at radius 3 is 2.82 bits per heavy atom. The Balaban J connectivity index is 1.59. The molecule has 0 saturated heterocycles. The van der Waals surface area contributed by atoms with Crippen molar-refractivity contribution in [3.63, 3.8) is 0 Å². The van der Waals surface area contributed by atoms with Crippen LogP contribution >= 0.6 is 33.9 Å². The molecular formula is C30H25IN2O4S. The summed E-state index contributed by atoms with van der Waals surface area (Å²) in [6.07, 6.45) is 3.59. The average Bonchev–Trinajstić information content (AvgIpc) is 3.24. The number of halogens is 1. The quantitative estimate of drug-likeness (QED) is 0.312. The number of aryl methyl sites for hydroxylation is 1. The van der Waals surface area contributed by atoms with Crippen LogP contribution in [0.3, 0.4) is 0 Å². The number of allylic oxidation sites excluding steroid dienone is 1. The van der Waals surface area contributed by atoms with Gasteiger partial charge in [-0.15, -0.1) is 0 Å². The summed E-state index contributed by atoms with van der Waals surface area (Å²) >= 11 is 3.46. The molecule has 1 atom stereocenters. The van der Waals surface area contributed by atoms with Gasteiger partial charge < -0.3 is 14.6 Å². The van der Waals surface area contributed by atoms with Crippen LogP contribution in [0, 0.1) is 3.57 Å². The Morgan fingerprint density at radius 1 is 1.16 bits per heavy atom. The minimum atomic E-state index is -0.272. The second-order valence-electron chi connectivity index (χ2n) is 9.17. The summed E-state index contributed by atoms with van der Waals surface area (Å²) in [6.45, 7) is 2.30. The third-order valence-corrected chi connectivity index (χ3v) is 8.74. The molecule has 0 fully saturated rings. The van der Waals surface area contributed by atoms with E-state index >= 15 is 0 Å². The molecule has 2 heterocycles. The van der Waals surface area contributed by atoms with Gasteiger partial charge in [-0.3, -0.25) is 9.36 Å². The number of phenolic OH excluding ortho intramolecular Hbond substituents is 1. The monoisotopic (exact) mass is 636 g/mol. The van der Waals surface area contributed by atoms with Gasteiger partial charge in [0.25, 0.3) is 5.56 Å². The fraction of sp³-hybridized carbons (Fsp3) is 0.200. The molecule has 1 aliphatic carbocycles. The molecule has 4 aromatic rings. The van der Waals surface area contributed by atoms with Crippen molar-refractivity contribution < 1.29 is 14.6 Å². The van der Waals surface area contributed by atoms with Crippen LogP contribution in [0.25, 0.3) is 11.8 Å². The third-order valence-electron chi connectivity index (χ3n) is 6.93. The van der Waals surface area contributed by atoms with E-state index in [0.717, 1.165) is 46.6 Å². The van der Waals surface area contributed by atoms with Crippen LogP contribution in [-0.2, 0) is 6.42 Å². The number of fused-ring (bicyclic) bond motifs is 3. The van der Waals surface area contributed by atoms with Crippen LogP contribution in [-0.4, -0.2) is 23.4 Å². The summed E-state index contributed by atoms with van der Waals surface area (Å²) in [5, 5.41) is 10.4. The molecule has 38 heavy (non-hydrogen) atoms. The van der Waals surface area contributed by atoms with Gasteiger partial charge in [0.05, 0.1) is 33.6 Å². The maximum Gasteiger partial charge on any atom is 0.271 e. The van der Waals surface area contributed by atoms with Crippen molar-refractivity contribution in [2.24, 2.45) is 4.99 Å². The van der Waals surface area contributed by atoms with Crippen molar-refractivity contribution in [1.29, 1.82) is 0 Å². The molecule has 0 radical (unpaired) electrons. The second kappa shape index (κ2) is 10.1. The molecule has 6 rings (SSSR count). The summed E-state index contributed by atoms with van der Waals surface area (Å²) in [5.74, 6) is 1.26. The molecular weight excluding hydrogens is 611 g/mol. The molecule has 1 aliphatic heterocycles. The van der Waals surface area contributed by atoms with E-state index < -0.39 is 0 Å². The second-order valence-corrected chi connectivity index (χ2v) is 11.3. The highest BCUT2D eigenvalue weighted by Crippen LogP contribution is 2.41. The molecule has 6 nitrogen and oxygen atoms in total. The first-order valence-electron chi connectivity index (χ1n) is 12.4. The first kappa shape index (κ1) is 24.9. The number of hydrogen-bond acceptors (Lipinski definition) is 6.